The molecule has 0 saturated heterocycles. The fourth-order valence-electron chi connectivity index (χ4n) is 3.49. The first-order valence-electron chi connectivity index (χ1n) is 10.1. The van der Waals surface area contributed by atoms with Gasteiger partial charge in [-0.05, 0) is 30.2 Å². The Morgan fingerprint density at radius 3 is 2.58 bits per heavy atom. The number of hydrogen-bond donors (Lipinski definition) is 1. The Kier molecular flexibility index (Phi) is 5.62. The van der Waals surface area contributed by atoms with Gasteiger partial charge in [0.05, 0.1) is 16.8 Å². The van der Waals surface area contributed by atoms with E-state index in [0.717, 1.165) is 28.0 Å². The monoisotopic (exact) mass is 474 g/mol. The highest BCUT2D eigenvalue weighted by Gasteiger charge is 2.18. The van der Waals surface area contributed by atoms with Gasteiger partial charge >= 0.3 is 0 Å². The van der Waals surface area contributed by atoms with Crippen LogP contribution >= 0.6 is 23.1 Å². The number of fused-ring (bicyclic) bond motifs is 1. The van der Waals surface area contributed by atoms with E-state index in [-0.39, 0.29) is 11.3 Å². The Labute approximate surface area is 196 Å². The maximum absolute atomic E-state index is 13.7. The van der Waals surface area contributed by atoms with Gasteiger partial charge in [-0.15, -0.1) is 11.3 Å². The van der Waals surface area contributed by atoms with Crippen LogP contribution in [0.25, 0.3) is 26.3 Å². The third-order valence-corrected chi connectivity index (χ3v) is 7.20. The molecule has 0 atom stereocenters. The molecule has 33 heavy (non-hydrogen) atoms. The zero-order valence-corrected chi connectivity index (χ0v) is 19.2. The molecule has 3 aromatic heterocycles. The van der Waals surface area contributed by atoms with Gasteiger partial charge in [-0.25, -0.2) is 4.98 Å². The fourth-order valence-corrected chi connectivity index (χ4v) is 5.46. The van der Waals surface area contributed by atoms with Gasteiger partial charge in [0.2, 0.25) is 5.43 Å². The molecule has 3 heterocycles. The Bertz CT molecular complexity index is 1590. The lowest BCUT2D eigenvalue weighted by Crippen LogP contribution is -2.21. The molecule has 2 aromatic carbocycles. The number of para-hydroxylation sites is 1. The van der Waals surface area contributed by atoms with Crippen LogP contribution in [0, 0.1) is 6.92 Å². The number of thioether (sulfide) groups is 1. The molecule has 0 amide bonds. The molecule has 0 saturated carbocycles. The highest BCUT2D eigenvalue weighted by Crippen LogP contribution is 2.33. The molecular weight excluding hydrogens is 456 g/mol. The molecule has 0 spiro atoms. The van der Waals surface area contributed by atoms with E-state index in [1.165, 1.54) is 29.2 Å². The predicted octanol–water partition coefficient (Wildman–Crippen LogP) is 5.37. The Balaban J connectivity index is 1.66. The average molecular weight is 475 g/mol. The van der Waals surface area contributed by atoms with Gasteiger partial charge in [0.25, 0.3) is 5.56 Å². The molecule has 5 aromatic rings. The van der Waals surface area contributed by atoms with Crippen molar-refractivity contribution < 1.29 is 9.52 Å². The standard InChI is InChI=1S/C25H18N2O4S2/c1-15-7-5-6-10-19(15)27-24(30)18-12-22(16-8-3-2-4-9-16)33-23(18)26-25(27)32-14-17-11-20(28)21(29)13-31-17/h2-13,29H,14H2,1H3. The van der Waals surface area contributed by atoms with Crippen molar-refractivity contribution >= 4 is 33.3 Å². The molecule has 0 fully saturated rings. The van der Waals surface area contributed by atoms with Crippen molar-refractivity contribution in [2.45, 2.75) is 17.8 Å². The summed E-state index contributed by atoms with van der Waals surface area (Å²) in [5.74, 6) is 0.216. The molecule has 1 N–H and O–H groups in total. The van der Waals surface area contributed by atoms with Gasteiger partial charge in [0.1, 0.15) is 16.9 Å². The zero-order valence-electron chi connectivity index (χ0n) is 17.5. The molecule has 0 aliphatic heterocycles. The van der Waals surface area contributed by atoms with Crippen molar-refractivity contribution in [3.05, 3.63) is 105 Å². The molecule has 0 aliphatic rings. The number of thiophene rings is 1. The van der Waals surface area contributed by atoms with Gasteiger partial charge in [-0.2, -0.15) is 0 Å². The number of aryl methyl sites for hydroxylation is 1. The van der Waals surface area contributed by atoms with Crippen molar-refractivity contribution in [1.29, 1.82) is 0 Å². The van der Waals surface area contributed by atoms with Crippen molar-refractivity contribution in [3.63, 3.8) is 0 Å². The Hall–Kier alpha value is -3.62. The molecule has 0 radical (unpaired) electrons. The minimum Gasteiger partial charge on any atom is -0.502 e. The van der Waals surface area contributed by atoms with Crippen LogP contribution in [0.3, 0.4) is 0 Å². The zero-order chi connectivity index (χ0) is 22.9. The molecular formula is C25H18N2O4S2. The molecule has 0 unspecified atom stereocenters. The lowest BCUT2D eigenvalue weighted by Gasteiger charge is -2.13. The lowest BCUT2D eigenvalue weighted by molar-refractivity contribution is 0.419. The molecule has 6 nitrogen and oxygen atoms in total. The maximum Gasteiger partial charge on any atom is 0.267 e. The second kappa shape index (κ2) is 8.73. The molecule has 164 valence electrons. The van der Waals surface area contributed by atoms with Gasteiger partial charge in [-0.1, -0.05) is 60.3 Å². The van der Waals surface area contributed by atoms with Crippen LogP contribution in [0.15, 0.2) is 92.2 Å². The minimum atomic E-state index is -0.512. The normalized spacial score (nSPS) is 11.2. The highest BCUT2D eigenvalue weighted by molar-refractivity contribution is 7.98. The van der Waals surface area contributed by atoms with E-state index < -0.39 is 11.2 Å². The third-order valence-electron chi connectivity index (χ3n) is 5.16. The molecule has 0 bridgehead atoms. The summed E-state index contributed by atoms with van der Waals surface area (Å²) in [6.07, 6.45) is 1.02. The van der Waals surface area contributed by atoms with Crippen LogP contribution in [0.2, 0.25) is 0 Å². The Morgan fingerprint density at radius 1 is 1.06 bits per heavy atom. The van der Waals surface area contributed by atoms with Gasteiger partial charge in [-0.3, -0.25) is 14.2 Å². The summed E-state index contributed by atoms with van der Waals surface area (Å²) in [4.78, 5) is 31.9. The number of nitrogens with zero attached hydrogens (tertiary/aromatic N) is 2. The minimum absolute atomic E-state index is 0.151. The number of rotatable bonds is 5. The van der Waals surface area contributed by atoms with Crippen LogP contribution in [-0.4, -0.2) is 14.7 Å². The fraction of sp³-hybridized carbons (Fsp3) is 0.0800. The van der Waals surface area contributed by atoms with E-state index >= 15 is 0 Å². The summed E-state index contributed by atoms with van der Waals surface area (Å²) in [6, 6.07) is 20.7. The van der Waals surface area contributed by atoms with Crippen LogP contribution in [0.4, 0.5) is 0 Å². The largest absolute Gasteiger partial charge is 0.502 e. The van der Waals surface area contributed by atoms with E-state index in [2.05, 4.69) is 0 Å². The number of aromatic hydroxyl groups is 1. The SMILES string of the molecule is Cc1ccccc1-n1c(SCc2cc(=O)c(O)co2)nc2sc(-c3ccccc3)cc2c1=O. The van der Waals surface area contributed by atoms with Crippen LogP contribution in [0.1, 0.15) is 11.3 Å². The first-order valence-corrected chi connectivity index (χ1v) is 11.9. The van der Waals surface area contributed by atoms with E-state index in [1.807, 2.05) is 67.6 Å². The van der Waals surface area contributed by atoms with Crippen LogP contribution < -0.4 is 11.0 Å². The van der Waals surface area contributed by atoms with Crippen molar-refractivity contribution in [1.82, 2.24) is 9.55 Å². The summed E-state index contributed by atoms with van der Waals surface area (Å²) in [5.41, 5.74) is 2.06. The number of benzene rings is 2. The summed E-state index contributed by atoms with van der Waals surface area (Å²) in [6.45, 7) is 1.95. The quantitative estimate of drug-likeness (QED) is 0.272. The number of aromatic nitrogens is 2. The first-order chi connectivity index (χ1) is 16.0. The summed E-state index contributed by atoms with van der Waals surface area (Å²) in [5, 5.41) is 10.5. The van der Waals surface area contributed by atoms with Gasteiger partial charge < -0.3 is 9.52 Å². The first kappa shape index (κ1) is 21.2. The average Bonchev–Trinajstić information content (AvgIpc) is 3.26. The Morgan fingerprint density at radius 2 is 1.82 bits per heavy atom. The van der Waals surface area contributed by atoms with Crippen molar-refractivity contribution in [2.75, 3.05) is 0 Å². The predicted molar refractivity (Wildman–Crippen MR) is 132 cm³/mol. The summed E-state index contributed by atoms with van der Waals surface area (Å²) in [7, 11) is 0. The molecule has 5 rings (SSSR count). The van der Waals surface area contributed by atoms with Crippen molar-refractivity contribution in [2.24, 2.45) is 0 Å². The third kappa shape index (κ3) is 4.10. The lowest BCUT2D eigenvalue weighted by atomic mass is 10.2. The molecule has 8 heteroatoms. The smallest absolute Gasteiger partial charge is 0.267 e. The van der Waals surface area contributed by atoms with Gasteiger partial charge in [0.15, 0.2) is 10.9 Å². The van der Waals surface area contributed by atoms with E-state index in [4.69, 9.17) is 9.40 Å². The summed E-state index contributed by atoms with van der Waals surface area (Å²) < 4.78 is 6.94. The summed E-state index contributed by atoms with van der Waals surface area (Å²) >= 11 is 2.77. The second-order valence-electron chi connectivity index (χ2n) is 7.40. The topological polar surface area (TPSA) is 85.3 Å². The van der Waals surface area contributed by atoms with E-state index in [9.17, 15) is 14.7 Å². The number of hydrogen-bond acceptors (Lipinski definition) is 7. The van der Waals surface area contributed by atoms with Gasteiger partial charge in [0, 0.05) is 10.9 Å². The van der Waals surface area contributed by atoms with Crippen LogP contribution in [-0.2, 0) is 5.75 Å². The van der Waals surface area contributed by atoms with E-state index in [1.54, 1.807) is 4.57 Å². The highest BCUT2D eigenvalue weighted by atomic mass is 32.2. The van der Waals surface area contributed by atoms with Crippen molar-refractivity contribution in [3.8, 4) is 21.9 Å². The van der Waals surface area contributed by atoms with E-state index in [0.29, 0.717) is 21.1 Å². The second-order valence-corrected chi connectivity index (χ2v) is 9.37. The van der Waals surface area contributed by atoms with Crippen LogP contribution in [0.5, 0.6) is 5.75 Å². The molecule has 0 aliphatic carbocycles. The maximum atomic E-state index is 13.7.